The molecule has 0 spiro atoms. The summed E-state index contributed by atoms with van der Waals surface area (Å²) in [5.74, 6) is 1.32. The summed E-state index contributed by atoms with van der Waals surface area (Å²) in [6.45, 7) is 5.55. The van der Waals surface area contributed by atoms with Gasteiger partial charge in [-0.2, -0.15) is 0 Å². The summed E-state index contributed by atoms with van der Waals surface area (Å²) in [4.78, 5) is 28.4. The normalized spacial score (nSPS) is 16.2. The number of hydrogen-bond donors (Lipinski definition) is 0. The second-order valence-corrected chi connectivity index (χ2v) is 8.01. The van der Waals surface area contributed by atoms with Crippen molar-refractivity contribution in [1.29, 1.82) is 0 Å². The predicted octanol–water partition coefficient (Wildman–Crippen LogP) is 3.60. The first-order valence-electron chi connectivity index (χ1n) is 10.2. The molecule has 2 aromatic rings. The summed E-state index contributed by atoms with van der Waals surface area (Å²) >= 11 is 6.35. The summed E-state index contributed by atoms with van der Waals surface area (Å²) in [5, 5.41) is 0.482. The third kappa shape index (κ3) is 4.54. The fraction of sp³-hybridized carbons (Fsp3) is 0.391. The van der Waals surface area contributed by atoms with E-state index in [1.54, 1.807) is 13.0 Å². The molecule has 1 amide bonds. The number of nitrogens with zero attached hydrogens (tertiary/aromatic N) is 2. The van der Waals surface area contributed by atoms with E-state index in [4.69, 9.17) is 21.1 Å². The number of ketones is 1. The summed E-state index contributed by atoms with van der Waals surface area (Å²) in [7, 11) is 0. The Bertz CT molecular complexity index is 937. The third-order valence-corrected chi connectivity index (χ3v) is 5.77. The molecule has 158 valence electrons. The van der Waals surface area contributed by atoms with Crippen LogP contribution in [0.25, 0.3) is 0 Å². The topological polar surface area (TPSA) is 59.1 Å². The first kappa shape index (κ1) is 20.5. The Morgan fingerprint density at radius 1 is 1.00 bits per heavy atom. The molecule has 0 N–H and O–H groups in total. The molecule has 7 heteroatoms. The van der Waals surface area contributed by atoms with Gasteiger partial charge in [0.1, 0.15) is 0 Å². The third-order valence-electron chi connectivity index (χ3n) is 5.49. The number of rotatable bonds is 4. The van der Waals surface area contributed by atoms with E-state index >= 15 is 0 Å². The van der Waals surface area contributed by atoms with Gasteiger partial charge in [-0.1, -0.05) is 11.6 Å². The van der Waals surface area contributed by atoms with Gasteiger partial charge in [-0.3, -0.25) is 9.59 Å². The van der Waals surface area contributed by atoms with E-state index in [1.807, 2.05) is 35.2 Å². The van der Waals surface area contributed by atoms with Crippen LogP contribution in [0.4, 0.5) is 5.69 Å². The predicted molar refractivity (Wildman–Crippen MR) is 116 cm³/mol. The molecule has 2 aliphatic rings. The average Bonchev–Trinajstić information content (AvgIpc) is 3.00. The number of piperazine rings is 1. The van der Waals surface area contributed by atoms with Crippen molar-refractivity contribution in [3.05, 3.63) is 52.5 Å². The maximum Gasteiger partial charge on any atom is 0.227 e. The van der Waals surface area contributed by atoms with Crippen LogP contribution in [-0.4, -0.2) is 56.0 Å². The second kappa shape index (κ2) is 8.96. The fourth-order valence-corrected chi connectivity index (χ4v) is 4.08. The number of benzene rings is 2. The van der Waals surface area contributed by atoms with Crippen molar-refractivity contribution in [3.8, 4) is 11.5 Å². The molecule has 0 saturated carbocycles. The van der Waals surface area contributed by atoms with Gasteiger partial charge >= 0.3 is 0 Å². The van der Waals surface area contributed by atoms with Crippen LogP contribution in [0.3, 0.4) is 0 Å². The van der Waals surface area contributed by atoms with Crippen LogP contribution in [0.5, 0.6) is 11.5 Å². The zero-order valence-electron chi connectivity index (χ0n) is 17.0. The highest BCUT2D eigenvalue weighted by atomic mass is 35.5. The van der Waals surface area contributed by atoms with Crippen molar-refractivity contribution in [3.63, 3.8) is 0 Å². The first-order valence-corrected chi connectivity index (χ1v) is 10.6. The summed E-state index contributed by atoms with van der Waals surface area (Å²) in [6, 6.07) is 11.3. The first-order chi connectivity index (χ1) is 14.5. The van der Waals surface area contributed by atoms with E-state index in [-0.39, 0.29) is 18.1 Å². The molecule has 0 atom stereocenters. The monoisotopic (exact) mass is 428 g/mol. The van der Waals surface area contributed by atoms with Crippen LogP contribution < -0.4 is 14.4 Å². The largest absolute Gasteiger partial charge is 0.489 e. The smallest absolute Gasteiger partial charge is 0.227 e. The van der Waals surface area contributed by atoms with Crippen LogP contribution in [0.2, 0.25) is 5.02 Å². The lowest BCUT2D eigenvalue weighted by atomic mass is 10.1. The molecular weight excluding hydrogens is 404 g/mol. The number of fused-ring (bicyclic) bond motifs is 1. The Balaban J connectivity index is 1.36. The van der Waals surface area contributed by atoms with Crippen molar-refractivity contribution in [2.45, 2.75) is 19.8 Å². The molecule has 0 aliphatic carbocycles. The van der Waals surface area contributed by atoms with E-state index in [2.05, 4.69) is 4.90 Å². The number of Topliss-reactive ketones (excluding diaryl/α,β-unsaturated/α-hetero) is 1. The standard InChI is InChI=1S/C23H25ClN2O4/c1-16(27)18-3-5-19(6-4-18)25-7-9-26(10-8-25)22(28)15-17-13-20(24)23-21(14-17)29-11-2-12-30-23/h3-6,13-14H,2,7-12,15H2,1H3. The van der Waals surface area contributed by atoms with E-state index in [1.165, 1.54) is 0 Å². The highest BCUT2D eigenvalue weighted by Crippen LogP contribution is 2.38. The van der Waals surface area contributed by atoms with Crippen molar-refractivity contribution in [2.24, 2.45) is 0 Å². The highest BCUT2D eigenvalue weighted by molar-refractivity contribution is 6.32. The van der Waals surface area contributed by atoms with Gasteiger partial charge in [0.25, 0.3) is 0 Å². The SMILES string of the molecule is CC(=O)c1ccc(N2CCN(C(=O)Cc3cc(Cl)c4c(c3)OCCCO4)CC2)cc1. The van der Waals surface area contributed by atoms with E-state index in [9.17, 15) is 9.59 Å². The van der Waals surface area contributed by atoms with E-state index in [0.29, 0.717) is 48.4 Å². The Kier molecular flexibility index (Phi) is 6.13. The van der Waals surface area contributed by atoms with Crippen LogP contribution in [0.15, 0.2) is 36.4 Å². The number of anilines is 1. The van der Waals surface area contributed by atoms with Crippen molar-refractivity contribution >= 4 is 29.0 Å². The van der Waals surface area contributed by atoms with Crippen molar-refractivity contribution in [2.75, 3.05) is 44.3 Å². The van der Waals surface area contributed by atoms with Crippen molar-refractivity contribution in [1.82, 2.24) is 4.90 Å². The number of hydrogen-bond acceptors (Lipinski definition) is 5. The minimum atomic E-state index is 0.0619. The lowest BCUT2D eigenvalue weighted by Crippen LogP contribution is -2.49. The van der Waals surface area contributed by atoms with Gasteiger partial charge in [-0.25, -0.2) is 0 Å². The Morgan fingerprint density at radius 2 is 1.70 bits per heavy atom. The van der Waals surface area contributed by atoms with Crippen molar-refractivity contribution < 1.29 is 19.1 Å². The zero-order chi connectivity index (χ0) is 21.1. The second-order valence-electron chi connectivity index (χ2n) is 7.60. The molecule has 0 aromatic heterocycles. The lowest BCUT2D eigenvalue weighted by Gasteiger charge is -2.36. The van der Waals surface area contributed by atoms with Gasteiger partial charge < -0.3 is 19.3 Å². The Labute approximate surface area is 181 Å². The average molecular weight is 429 g/mol. The van der Waals surface area contributed by atoms with Crippen LogP contribution in [-0.2, 0) is 11.2 Å². The Morgan fingerprint density at radius 3 is 2.40 bits per heavy atom. The fourth-order valence-electron chi connectivity index (χ4n) is 3.79. The molecule has 1 saturated heterocycles. The highest BCUT2D eigenvalue weighted by Gasteiger charge is 2.23. The molecule has 2 aromatic carbocycles. The number of ether oxygens (including phenoxy) is 2. The van der Waals surface area contributed by atoms with Gasteiger partial charge in [0.2, 0.25) is 5.91 Å². The molecule has 6 nitrogen and oxygen atoms in total. The number of halogens is 1. The summed E-state index contributed by atoms with van der Waals surface area (Å²) in [6.07, 6.45) is 1.09. The summed E-state index contributed by atoms with van der Waals surface area (Å²) in [5.41, 5.74) is 2.61. The minimum absolute atomic E-state index is 0.0619. The van der Waals surface area contributed by atoms with E-state index in [0.717, 1.165) is 30.8 Å². The summed E-state index contributed by atoms with van der Waals surface area (Å²) < 4.78 is 11.4. The molecule has 0 unspecified atom stereocenters. The maximum atomic E-state index is 12.8. The molecule has 0 bridgehead atoms. The number of carbonyl (C=O) groups excluding carboxylic acids is 2. The molecule has 30 heavy (non-hydrogen) atoms. The molecule has 4 rings (SSSR count). The van der Waals surface area contributed by atoms with Gasteiger partial charge in [-0.05, 0) is 48.9 Å². The van der Waals surface area contributed by atoms with Crippen LogP contribution >= 0.6 is 11.6 Å². The quantitative estimate of drug-likeness (QED) is 0.696. The zero-order valence-corrected chi connectivity index (χ0v) is 17.8. The molecule has 2 aliphatic heterocycles. The Hall–Kier alpha value is -2.73. The van der Waals surface area contributed by atoms with Gasteiger partial charge in [0, 0.05) is 43.9 Å². The van der Waals surface area contributed by atoms with Gasteiger partial charge in [0.15, 0.2) is 17.3 Å². The number of carbonyl (C=O) groups is 2. The molecule has 0 radical (unpaired) electrons. The minimum Gasteiger partial charge on any atom is -0.489 e. The van der Waals surface area contributed by atoms with Gasteiger partial charge in [0.05, 0.1) is 24.7 Å². The van der Waals surface area contributed by atoms with Crippen LogP contribution in [0, 0.1) is 0 Å². The molecule has 2 heterocycles. The van der Waals surface area contributed by atoms with E-state index < -0.39 is 0 Å². The van der Waals surface area contributed by atoms with Gasteiger partial charge in [-0.15, -0.1) is 0 Å². The molecule has 1 fully saturated rings. The van der Waals surface area contributed by atoms with Crippen LogP contribution in [0.1, 0.15) is 29.3 Å². The lowest BCUT2D eigenvalue weighted by molar-refractivity contribution is -0.130. The molecular formula is C23H25ClN2O4. The maximum absolute atomic E-state index is 12.8. The number of amides is 1.